The Morgan fingerprint density at radius 2 is 2.08 bits per heavy atom. The topological polar surface area (TPSA) is 38.9 Å². The number of aromatic nitrogens is 2. The third-order valence-corrected chi connectivity index (χ3v) is 1.70. The minimum atomic E-state index is -0.207. The first-order valence-electron chi connectivity index (χ1n) is 4.35. The Bertz CT molecular complexity index is 275. The molecule has 1 aromatic heterocycles. The maximum atomic E-state index is 5.79. The zero-order chi connectivity index (χ0) is 10.1. The summed E-state index contributed by atoms with van der Waals surface area (Å²) in [7, 11) is 0. The second kappa shape index (κ2) is 3.66. The van der Waals surface area contributed by atoms with Gasteiger partial charge in [-0.25, -0.2) is 0 Å². The van der Waals surface area contributed by atoms with Gasteiger partial charge in [0.05, 0.1) is 0 Å². The molecule has 0 aliphatic carbocycles. The Morgan fingerprint density at radius 3 is 2.46 bits per heavy atom. The van der Waals surface area contributed by atoms with Gasteiger partial charge in [0.15, 0.2) is 5.82 Å². The average molecular weight is 203 g/mol. The number of hydrogen-bond acceptors (Lipinski definition) is 3. The predicted molar refractivity (Wildman–Crippen MR) is 51.7 cm³/mol. The van der Waals surface area contributed by atoms with E-state index in [0.717, 1.165) is 12.2 Å². The maximum Gasteiger partial charge on any atom is 0.244 e. The molecule has 0 radical (unpaired) electrons. The van der Waals surface area contributed by atoms with Crippen LogP contribution in [0.3, 0.4) is 0 Å². The van der Waals surface area contributed by atoms with Crippen molar-refractivity contribution in [2.75, 3.05) is 0 Å². The fourth-order valence-electron chi connectivity index (χ4n) is 0.975. The van der Waals surface area contributed by atoms with Crippen LogP contribution in [-0.4, -0.2) is 10.1 Å². The first-order valence-corrected chi connectivity index (χ1v) is 4.79. The molecule has 1 heterocycles. The minimum Gasteiger partial charge on any atom is -0.338 e. The van der Waals surface area contributed by atoms with Gasteiger partial charge >= 0.3 is 0 Å². The highest BCUT2D eigenvalue weighted by atomic mass is 35.5. The van der Waals surface area contributed by atoms with Crippen molar-refractivity contribution in [2.45, 2.75) is 39.5 Å². The van der Waals surface area contributed by atoms with Crippen molar-refractivity contribution in [2.24, 2.45) is 5.41 Å². The lowest BCUT2D eigenvalue weighted by molar-refractivity contribution is 0.355. The first-order chi connectivity index (χ1) is 5.88. The molecular weight excluding hydrogens is 188 g/mol. The van der Waals surface area contributed by atoms with Crippen molar-refractivity contribution in [1.82, 2.24) is 10.1 Å². The maximum absolute atomic E-state index is 5.79. The molecule has 0 aliphatic rings. The Balaban J connectivity index is 2.70. The average Bonchev–Trinajstić information content (AvgIpc) is 2.31. The zero-order valence-corrected chi connectivity index (χ0v) is 9.22. The van der Waals surface area contributed by atoms with Crippen molar-refractivity contribution >= 4 is 11.6 Å². The summed E-state index contributed by atoms with van der Waals surface area (Å²) in [5.41, 5.74) is 0.177. The number of nitrogens with zero attached hydrogens (tertiary/aromatic N) is 2. The lowest BCUT2D eigenvalue weighted by atomic mass is 9.92. The molecule has 0 fully saturated rings. The van der Waals surface area contributed by atoms with E-state index in [2.05, 4.69) is 30.9 Å². The van der Waals surface area contributed by atoms with Gasteiger partial charge < -0.3 is 4.52 Å². The summed E-state index contributed by atoms with van der Waals surface area (Å²) in [6.07, 6.45) is 0.806. The number of alkyl halides is 1. The molecule has 0 saturated carbocycles. The predicted octanol–water partition coefficient (Wildman–Crippen LogP) is 2.96. The van der Waals surface area contributed by atoms with Crippen LogP contribution < -0.4 is 0 Å². The lowest BCUT2D eigenvalue weighted by Gasteiger charge is -2.14. The number of hydrogen-bond donors (Lipinski definition) is 0. The zero-order valence-electron chi connectivity index (χ0n) is 8.47. The highest BCUT2D eigenvalue weighted by Crippen LogP contribution is 2.21. The van der Waals surface area contributed by atoms with Crippen molar-refractivity contribution in [3.05, 3.63) is 11.7 Å². The van der Waals surface area contributed by atoms with Gasteiger partial charge in [0.1, 0.15) is 5.38 Å². The van der Waals surface area contributed by atoms with E-state index in [1.54, 1.807) is 0 Å². The summed E-state index contributed by atoms with van der Waals surface area (Å²) < 4.78 is 4.98. The van der Waals surface area contributed by atoms with Crippen LogP contribution in [-0.2, 0) is 6.42 Å². The normalized spacial score (nSPS) is 14.5. The van der Waals surface area contributed by atoms with Gasteiger partial charge in [0, 0.05) is 6.42 Å². The van der Waals surface area contributed by atoms with E-state index in [9.17, 15) is 0 Å². The molecule has 1 rings (SSSR count). The second-order valence-electron chi connectivity index (χ2n) is 4.40. The van der Waals surface area contributed by atoms with Crippen LogP contribution in [0, 0.1) is 5.41 Å². The van der Waals surface area contributed by atoms with Gasteiger partial charge in [-0.05, 0) is 12.3 Å². The molecule has 1 unspecified atom stereocenters. The van der Waals surface area contributed by atoms with E-state index in [1.165, 1.54) is 0 Å². The molecule has 74 valence electrons. The van der Waals surface area contributed by atoms with Crippen LogP contribution in [0.25, 0.3) is 0 Å². The van der Waals surface area contributed by atoms with Crippen molar-refractivity contribution < 1.29 is 4.52 Å². The van der Waals surface area contributed by atoms with Gasteiger partial charge in [-0.3, -0.25) is 0 Å². The fourth-order valence-corrected chi connectivity index (χ4v) is 1.06. The Hall–Kier alpha value is -0.570. The van der Waals surface area contributed by atoms with Crippen molar-refractivity contribution in [3.63, 3.8) is 0 Å². The lowest BCUT2D eigenvalue weighted by Crippen LogP contribution is -2.10. The summed E-state index contributed by atoms with van der Waals surface area (Å²) in [6, 6.07) is 0. The molecule has 0 aliphatic heterocycles. The largest absolute Gasteiger partial charge is 0.338 e. The summed E-state index contributed by atoms with van der Waals surface area (Å²) in [5.74, 6) is 1.23. The SMILES string of the molecule is CC(Cl)c1nc(CC(C)(C)C)no1. The molecule has 0 spiro atoms. The molecule has 1 aromatic rings. The summed E-state index contributed by atoms with van der Waals surface area (Å²) in [4.78, 5) is 4.19. The molecule has 0 saturated heterocycles. The fraction of sp³-hybridized carbons (Fsp3) is 0.778. The van der Waals surface area contributed by atoms with Crippen LogP contribution in [0.2, 0.25) is 0 Å². The van der Waals surface area contributed by atoms with E-state index in [-0.39, 0.29) is 10.8 Å². The number of rotatable bonds is 2. The quantitative estimate of drug-likeness (QED) is 0.693. The summed E-state index contributed by atoms with van der Waals surface area (Å²) in [5, 5.41) is 3.65. The van der Waals surface area contributed by atoms with Gasteiger partial charge in [-0.1, -0.05) is 25.9 Å². The van der Waals surface area contributed by atoms with E-state index in [0.29, 0.717) is 5.89 Å². The molecule has 0 N–H and O–H groups in total. The molecule has 3 nitrogen and oxygen atoms in total. The molecule has 13 heavy (non-hydrogen) atoms. The van der Waals surface area contributed by atoms with Crippen LogP contribution in [0.15, 0.2) is 4.52 Å². The summed E-state index contributed by atoms with van der Waals surface area (Å²) >= 11 is 5.79. The van der Waals surface area contributed by atoms with Crippen LogP contribution in [0.5, 0.6) is 0 Å². The monoisotopic (exact) mass is 202 g/mol. The highest BCUT2D eigenvalue weighted by Gasteiger charge is 2.17. The summed E-state index contributed by atoms with van der Waals surface area (Å²) in [6.45, 7) is 8.21. The first kappa shape index (κ1) is 10.5. The van der Waals surface area contributed by atoms with Crippen molar-refractivity contribution in [1.29, 1.82) is 0 Å². The van der Waals surface area contributed by atoms with E-state index in [4.69, 9.17) is 16.1 Å². The molecular formula is C9H15ClN2O. The Morgan fingerprint density at radius 1 is 1.46 bits per heavy atom. The van der Waals surface area contributed by atoms with E-state index >= 15 is 0 Å². The standard InChI is InChI=1S/C9H15ClN2O/c1-6(10)8-11-7(12-13-8)5-9(2,3)4/h6H,5H2,1-4H3. The van der Waals surface area contributed by atoms with Crippen molar-refractivity contribution in [3.8, 4) is 0 Å². The van der Waals surface area contributed by atoms with Gasteiger partial charge in [-0.2, -0.15) is 4.98 Å². The minimum absolute atomic E-state index is 0.177. The van der Waals surface area contributed by atoms with Gasteiger partial charge in [0.25, 0.3) is 0 Å². The molecule has 0 bridgehead atoms. The van der Waals surface area contributed by atoms with E-state index < -0.39 is 0 Å². The second-order valence-corrected chi connectivity index (χ2v) is 5.06. The van der Waals surface area contributed by atoms with Gasteiger partial charge in [-0.15, -0.1) is 11.6 Å². The van der Waals surface area contributed by atoms with Crippen LogP contribution >= 0.6 is 11.6 Å². The van der Waals surface area contributed by atoms with Crippen LogP contribution in [0.1, 0.15) is 44.8 Å². The van der Waals surface area contributed by atoms with Gasteiger partial charge in [0.2, 0.25) is 5.89 Å². The third-order valence-electron chi connectivity index (χ3n) is 1.51. The molecule has 1 atom stereocenters. The highest BCUT2D eigenvalue weighted by molar-refractivity contribution is 6.20. The Kier molecular flexibility index (Phi) is 2.96. The van der Waals surface area contributed by atoms with E-state index in [1.807, 2.05) is 6.92 Å². The molecule has 0 aromatic carbocycles. The Labute approximate surface area is 83.5 Å². The smallest absolute Gasteiger partial charge is 0.244 e. The molecule has 0 amide bonds. The molecule has 4 heteroatoms. The number of halogens is 1. The van der Waals surface area contributed by atoms with Crippen LogP contribution in [0.4, 0.5) is 0 Å². The third kappa shape index (κ3) is 3.35.